The van der Waals surface area contributed by atoms with Crippen LogP contribution >= 0.6 is 0 Å². The largest absolute Gasteiger partial charge is 0.478 e. The van der Waals surface area contributed by atoms with Crippen LogP contribution in [0.4, 0.5) is 4.39 Å². The molecule has 7 nitrogen and oxygen atoms in total. The van der Waals surface area contributed by atoms with Crippen molar-refractivity contribution in [2.24, 2.45) is 0 Å². The third kappa shape index (κ3) is 6.48. The summed E-state index contributed by atoms with van der Waals surface area (Å²) >= 11 is 0. The fourth-order valence-corrected chi connectivity index (χ4v) is 1.35. The number of carboxylic acid groups (broad SMARTS) is 1. The van der Waals surface area contributed by atoms with E-state index in [1.807, 2.05) is 0 Å². The van der Waals surface area contributed by atoms with Gasteiger partial charge in [-0.25, -0.2) is 14.2 Å². The molecule has 0 aliphatic rings. The van der Waals surface area contributed by atoms with E-state index in [4.69, 9.17) is 24.1 Å². The molecular weight excluding hydrogens is 285 g/mol. The summed E-state index contributed by atoms with van der Waals surface area (Å²) in [4.78, 5) is 14.4. The molecule has 0 radical (unpaired) electrons. The van der Waals surface area contributed by atoms with Crippen molar-refractivity contribution >= 4 is 5.97 Å². The first-order valence-corrected chi connectivity index (χ1v) is 6.31. The molecule has 0 atom stereocenters. The number of methoxy groups -OCH3 is 1. The molecule has 0 aromatic carbocycles. The molecule has 118 valence electrons. The van der Waals surface area contributed by atoms with Crippen LogP contribution in [0.15, 0.2) is 12.3 Å². The Kier molecular flexibility index (Phi) is 8.25. The number of rotatable bonds is 11. The van der Waals surface area contributed by atoms with Crippen LogP contribution in [-0.4, -0.2) is 62.8 Å². The van der Waals surface area contributed by atoms with Crippen LogP contribution < -0.4 is 4.74 Å². The minimum Gasteiger partial charge on any atom is -0.478 e. The second-order valence-electron chi connectivity index (χ2n) is 3.85. The average molecular weight is 303 g/mol. The molecule has 0 saturated carbocycles. The number of carbonyl (C=O) groups is 1. The summed E-state index contributed by atoms with van der Waals surface area (Å²) in [5.74, 6) is -2.72. The van der Waals surface area contributed by atoms with Crippen molar-refractivity contribution in [2.45, 2.75) is 0 Å². The van der Waals surface area contributed by atoms with Crippen molar-refractivity contribution in [3.8, 4) is 5.88 Å². The van der Waals surface area contributed by atoms with Gasteiger partial charge in [-0.05, 0) is 6.07 Å². The van der Waals surface area contributed by atoms with E-state index in [-0.39, 0.29) is 19.1 Å². The summed E-state index contributed by atoms with van der Waals surface area (Å²) in [5.41, 5.74) is -0.479. The first-order chi connectivity index (χ1) is 10.2. The van der Waals surface area contributed by atoms with E-state index in [9.17, 15) is 9.18 Å². The van der Waals surface area contributed by atoms with Gasteiger partial charge in [0.25, 0.3) is 5.88 Å². The number of hydrogen-bond acceptors (Lipinski definition) is 6. The number of halogens is 1. The van der Waals surface area contributed by atoms with Crippen molar-refractivity contribution in [1.29, 1.82) is 0 Å². The molecule has 0 unspecified atom stereocenters. The summed E-state index contributed by atoms with van der Waals surface area (Å²) in [6.45, 7) is 2.08. The summed E-state index contributed by atoms with van der Waals surface area (Å²) in [5, 5.41) is 8.75. The fraction of sp³-hybridized carbons (Fsp3) is 0.538. The van der Waals surface area contributed by atoms with Crippen molar-refractivity contribution in [2.75, 3.05) is 46.8 Å². The molecular formula is C13H18FNO6. The van der Waals surface area contributed by atoms with Gasteiger partial charge >= 0.3 is 5.97 Å². The van der Waals surface area contributed by atoms with E-state index >= 15 is 0 Å². The Morgan fingerprint density at radius 2 is 1.81 bits per heavy atom. The number of hydrogen-bond donors (Lipinski definition) is 1. The van der Waals surface area contributed by atoms with Crippen LogP contribution in [-0.2, 0) is 14.2 Å². The highest BCUT2D eigenvalue weighted by Crippen LogP contribution is 2.16. The Balaban J connectivity index is 2.19. The quantitative estimate of drug-likeness (QED) is 0.610. The van der Waals surface area contributed by atoms with Crippen LogP contribution in [0, 0.1) is 5.82 Å². The summed E-state index contributed by atoms with van der Waals surface area (Å²) in [7, 11) is 1.59. The smallest absolute Gasteiger partial charge is 0.338 e. The van der Waals surface area contributed by atoms with Gasteiger partial charge in [-0.1, -0.05) is 0 Å². The highest BCUT2D eigenvalue weighted by molar-refractivity contribution is 5.88. The average Bonchev–Trinajstić information content (AvgIpc) is 2.46. The fourth-order valence-electron chi connectivity index (χ4n) is 1.35. The number of nitrogens with zero attached hydrogens (tertiary/aromatic N) is 1. The molecule has 1 rings (SSSR count). The standard InChI is InChI=1S/C13H18FNO6/c1-18-4-5-19-6-7-20-8-9-21-12-11(14)10(13(16)17)2-3-15-12/h2-3H,4-9H2,1H3,(H,16,17). The number of aromatic carboxylic acids is 1. The lowest BCUT2D eigenvalue weighted by Crippen LogP contribution is -2.13. The van der Waals surface area contributed by atoms with Gasteiger partial charge in [-0.3, -0.25) is 0 Å². The van der Waals surface area contributed by atoms with Gasteiger partial charge in [-0.15, -0.1) is 0 Å². The van der Waals surface area contributed by atoms with Gasteiger partial charge < -0.3 is 24.1 Å². The van der Waals surface area contributed by atoms with Crippen molar-refractivity contribution in [1.82, 2.24) is 4.98 Å². The lowest BCUT2D eigenvalue weighted by Gasteiger charge is -2.08. The SMILES string of the molecule is COCCOCCOCCOc1nccc(C(=O)O)c1F. The van der Waals surface area contributed by atoms with E-state index in [0.29, 0.717) is 26.4 Å². The third-order valence-electron chi connectivity index (χ3n) is 2.36. The van der Waals surface area contributed by atoms with E-state index < -0.39 is 17.3 Å². The monoisotopic (exact) mass is 303 g/mol. The molecule has 0 aliphatic carbocycles. The molecule has 0 aliphatic heterocycles. The lowest BCUT2D eigenvalue weighted by molar-refractivity contribution is 0.0173. The number of aromatic nitrogens is 1. The van der Waals surface area contributed by atoms with Crippen LogP contribution in [0.5, 0.6) is 5.88 Å². The summed E-state index contributed by atoms with van der Waals surface area (Å²) in [6.07, 6.45) is 1.17. The second-order valence-corrected chi connectivity index (χ2v) is 3.85. The van der Waals surface area contributed by atoms with Gasteiger partial charge in [0.2, 0.25) is 0 Å². The van der Waals surface area contributed by atoms with E-state index in [0.717, 1.165) is 6.07 Å². The maximum absolute atomic E-state index is 13.6. The topological polar surface area (TPSA) is 87.1 Å². The zero-order valence-electron chi connectivity index (χ0n) is 11.7. The van der Waals surface area contributed by atoms with Crippen molar-refractivity contribution < 1.29 is 33.2 Å². The highest BCUT2D eigenvalue weighted by atomic mass is 19.1. The number of ether oxygens (including phenoxy) is 4. The minimum absolute atomic E-state index is 0.0606. The van der Waals surface area contributed by atoms with Crippen LogP contribution in [0.3, 0.4) is 0 Å². The third-order valence-corrected chi connectivity index (χ3v) is 2.36. The normalized spacial score (nSPS) is 10.6. The van der Waals surface area contributed by atoms with Crippen LogP contribution in [0.1, 0.15) is 10.4 Å². The molecule has 0 saturated heterocycles. The van der Waals surface area contributed by atoms with Crippen molar-refractivity contribution in [3.63, 3.8) is 0 Å². The summed E-state index contributed by atoms with van der Waals surface area (Å²) < 4.78 is 33.8. The zero-order valence-corrected chi connectivity index (χ0v) is 11.7. The molecule has 1 N–H and O–H groups in total. The highest BCUT2D eigenvalue weighted by Gasteiger charge is 2.15. The molecule has 0 amide bonds. The Hall–Kier alpha value is -1.77. The molecule has 0 bridgehead atoms. The van der Waals surface area contributed by atoms with E-state index in [2.05, 4.69) is 4.98 Å². The Labute approximate surface area is 121 Å². The Bertz CT molecular complexity index is 443. The molecule has 0 spiro atoms. The molecule has 1 aromatic rings. The molecule has 21 heavy (non-hydrogen) atoms. The summed E-state index contributed by atoms with van der Waals surface area (Å²) in [6, 6.07) is 1.07. The van der Waals surface area contributed by atoms with Crippen LogP contribution in [0.25, 0.3) is 0 Å². The van der Waals surface area contributed by atoms with E-state index in [1.165, 1.54) is 6.20 Å². The molecule has 1 heterocycles. The van der Waals surface area contributed by atoms with Crippen molar-refractivity contribution in [3.05, 3.63) is 23.6 Å². The second kappa shape index (κ2) is 10.0. The van der Waals surface area contributed by atoms with Gasteiger partial charge in [0, 0.05) is 13.3 Å². The molecule has 1 aromatic heterocycles. The Morgan fingerprint density at radius 3 is 2.43 bits per heavy atom. The number of pyridine rings is 1. The number of carboxylic acids is 1. The lowest BCUT2D eigenvalue weighted by atomic mass is 10.2. The predicted octanol–water partition coefficient (Wildman–Crippen LogP) is 0.977. The van der Waals surface area contributed by atoms with Crippen LogP contribution in [0.2, 0.25) is 0 Å². The molecule has 0 fully saturated rings. The van der Waals surface area contributed by atoms with Gasteiger partial charge in [0.15, 0.2) is 5.82 Å². The first kappa shape index (κ1) is 17.3. The van der Waals surface area contributed by atoms with Gasteiger partial charge in [-0.2, -0.15) is 0 Å². The predicted molar refractivity (Wildman–Crippen MR) is 70.2 cm³/mol. The maximum atomic E-state index is 13.6. The maximum Gasteiger partial charge on any atom is 0.338 e. The van der Waals surface area contributed by atoms with Gasteiger partial charge in [0.05, 0.1) is 33.0 Å². The Morgan fingerprint density at radius 1 is 1.19 bits per heavy atom. The minimum atomic E-state index is -1.37. The molecule has 8 heteroatoms. The zero-order chi connectivity index (χ0) is 15.5. The van der Waals surface area contributed by atoms with Gasteiger partial charge in [0.1, 0.15) is 12.2 Å². The van der Waals surface area contributed by atoms with E-state index in [1.54, 1.807) is 7.11 Å². The first-order valence-electron chi connectivity index (χ1n) is 6.31.